The van der Waals surface area contributed by atoms with Crippen LogP contribution < -0.4 is 15.4 Å². The van der Waals surface area contributed by atoms with Gasteiger partial charge in [-0.25, -0.2) is 0 Å². The highest BCUT2D eigenvalue weighted by Gasteiger charge is 2.22. The van der Waals surface area contributed by atoms with Crippen molar-refractivity contribution in [2.45, 2.75) is 39.3 Å². The van der Waals surface area contributed by atoms with Crippen LogP contribution in [0, 0.1) is 0 Å². The number of nitrogens with two attached hydrogens (primary N) is 1. The van der Waals surface area contributed by atoms with Crippen molar-refractivity contribution in [2.75, 3.05) is 25.1 Å². The number of hydrogen-bond donors (Lipinski definition) is 2. The molecule has 1 aromatic rings. The van der Waals surface area contributed by atoms with E-state index >= 15 is 0 Å². The molecule has 0 unspecified atom stereocenters. The number of ether oxygens (including phenoxy) is 1. The first-order chi connectivity index (χ1) is 8.80. The van der Waals surface area contributed by atoms with Crippen molar-refractivity contribution in [1.29, 1.82) is 0 Å². The van der Waals surface area contributed by atoms with E-state index in [1.165, 1.54) is 0 Å². The van der Waals surface area contributed by atoms with Crippen molar-refractivity contribution in [3.05, 3.63) is 23.8 Å². The van der Waals surface area contributed by atoms with Crippen LogP contribution in [0.15, 0.2) is 18.2 Å². The van der Waals surface area contributed by atoms with E-state index in [0.717, 1.165) is 23.5 Å². The summed E-state index contributed by atoms with van der Waals surface area (Å²) in [5.74, 6) is 0.793. The van der Waals surface area contributed by atoms with Gasteiger partial charge in [-0.1, -0.05) is 6.07 Å². The zero-order chi connectivity index (χ0) is 14.6. The summed E-state index contributed by atoms with van der Waals surface area (Å²) in [7, 11) is 1.65. The van der Waals surface area contributed by atoms with Gasteiger partial charge < -0.3 is 20.5 Å². The first-order valence-electron chi connectivity index (χ1n) is 6.70. The summed E-state index contributed by atoms with van der Waals surface area (Å²) in [6.07, 6.45) is 0. The predicted molar refractivity (Wildman–Crippen MR) is 79.8 cm³/mol. The molecule has 0 aliphatic carbocycles. The van der Waals surface area contributed by atoms with Crippen molar-refractivity contribution < 1.29 is 9.84 Å². The quantitative estimate of drug-likeness (QED) is 0.829. The average molecular weight is 266 g/mol. The third kappa shape index (κ3) is 4.11. The molecular formula is C15H26N2O2. The predicted octanol–water partition coefficient (Wildman–Crippen LogP) is 2.31. The Morgan fingerprint density at radius 3 is 2.47 bits per heavy atom. The van der Waals surface area contributed by atoms with E-state index in [2.05, 4.69) is 11.8 Å². The second-order valence-electron chi connectivity index (χ2n) is 5.51. The Morgan fingerprint density at radius 1 is 1.42 bits per heavy atom. The van der Waals surface area contributed by atoms with Crippen LogP contribution in [0.25, 0.3) is 0 Å². The molecule has 0 spiro atoms. The van der Waals surface area contributed by atoms with Crippen molar-refractivity contribution in [2.24, 2.45) is 5.73 Å². The molecule has 0 saturated carbocycles. The van der Waals surface area contributed by atoms with E-state index < -0.39 is 5.60 Å². The van der Waals surface area contributed by atoms with Gasteiger partial charge in [0.1, 0.15) is 5.75 Å². The van der Waals surface area contributed by atoms with Crippen molar-refractivity contribution >= 4 is 5.69 Å². The van der Waals surface area contributed by atoms with Crippen molar-refractivity contribution in [1.82, 2.24) is 0 Å². The summed E-state index contributed by atoms with van der Waals surface area (Å²) in [4.78, 5) is 2.13. The van der Waals surface area contributed by atoms with Crippen LogP contribution >= 0.6 is 0 Å². The van der Waals surface area contributed by atoms with Crippen LogP contribution in [-0.2, 0) is 0 Å². The summed E-state index contributed by atoms with van der Waals surface area (Å²) in [5, 5.41) is 10.0. The molecule has 0 amide bonds. The van der Waals surface area contributed by atoms with Crippen LogP contribution in [0.3, 0.4) is 0 Å². The molecule has 0 aliphatic heterocycles. The number of rotatable bonds is 6. The highest BCUT2D eigenvalue weighted by molar-refractivity contribution is 5.61. The maximum Gasteiger partial charge on any atom is 0.125 e. The van der Waals surface area contributed by atoms with Gasteiger partial charge in [-0.3, -0.25) is 0 Å². The highest BCUT2D eigenvalue weighted by Crippen LogP contribution is 2.34. The lowest BCUT2D eigenvalue weighted by molar-refractivity contribution is 0.0875. The number of aliphatic hydroxyl groups is 1. The second-order valence-corrected chi connectivity index (χ2v) is 5.51. The van der Waals surface area contributed by atoms with Gasteiger partial charge >= 0.3 is 0 Å². The third-order valence-corrected chi connectivity index (χ3v) is 3.02. The minimum absolute atomic E-state index is 0.123. The fourth-order valence-corrected chi connectivity index (χ4v) is 2.28. The summed E-state index contributed by atoms with van der Waals surface area (Å²) < 4.78 is 5.40. The summed E-state index contributed by atoms with van der Waals surface area (Å²) in [6.45, 7) is 8.98. The second kappa shape index (κ2) is 6.26. The molecule has 108 valence electrons. The summed E-state index contributed by atoms with van der Waals surface area (Å²) in [5.41, 5.74) is 7.33. The van der Waals surface area contributed by atoms with Gasteiger partial charge in [0, 0.05) is 30.4 Å². The molecule has 0 aromatic heterocycles. The minimum Gasteiger partial charge on any atom is -0.496 e. The molecule has 1 atom stereocenters. The molecule has 0 aliphatic rings. The molecule has 0 bridgehead atoms. The van der Waals surface area contributed by atoms with Crippen LogP contribution in [0.4, 0.5) is 5.69 Å². The standard InChI is InChI=1S/C15H26N2O2/c1-6-17(10-15(3,4)18)12-8-7-9-13(19-5)14(12)11(2)16/h7-9,11,18H,6,10,16H2,1-5H3/t11-/m0/s1. The van der Waals surface area contributed by atoms with Gasteiger partial charge in [0.15, 0.2) is 0 Å². The van der Waals surface area contributed by atoms with E-state index in [1.54, 1.807) is 21.0 Å². The first kappa shape index (κ1) is 15.8. The number of anilines is 1. The number of nitrogens with zero attached hydrogens (tertiary/aromatic N) is 1. The molecular weight excluding hydrogens is 240 g/mol. The lowest BCUT2D eigenvalue weighted by atomic mass is 10.0. The third-order valence-electron chi connectivity index (χ3n) is 3.02. The zero-order valence-electron chi connectivity index (χ0n) is 12.6. The lowest BCUT2D eigenvalue weighted by Gasteiger charge is -2.32. The van der Waals surface area contributed by atoms with E-state index in [-0.39, 0.29) is 6.04 Å². The fraction of sp³-hybridized carbons (Fsp3) is 0.600. The van der Waals surface area contributed by atoms with E-state index in [9.17, 15) is 5.11 Å². The summed E-state index contributed by atoms with van der Waals surface area (Å²) in [6, 6.07) is 5.77. The fourth-order valence-electron chi connectivity index (χ4n) is 2.28. The number of likely N-dealkylation sites (N-methyl/N-ethyl adjacent to an activating group) is 1. The van der Waals surface area contributed by atoms with Gasteiger partial charge in [0.05, 0.1) is 12.7 Å². The zero-order valence-corrected chi connectivity index (χ0v) is 12.6. The maximum atomic E-state index is 10.0. The van der Waals surface area contributed by atoms with E-state index in [4.69, 9.17) is 10.5 Å². The van der Waals surface area contributed by atoms with Crippen molar-refractivity contribution in [3.63, 3.8) is 0 Å². The van der Waals surface area contributed by atoms with Crippen LogP contribution in [-0.4, -0.2) is 30.9 Å². The Kier molecular flexibility index (Phi) is 5.20. The van der Waals surface area contributed by atoms with Gasteiger partial charge in [-0.15, -0.1) is 0 Å². The van der Waals surface area contributed by atoms with Crippen LogP contribution in [0.1, 0.15) is 39.3 Å². The van der Waals surface area contributed by atoms with Gasteiger partial charge in [0.2, 0.25) is 0 Å². The Bertz CT molecular complexity index is 411. The number of hydrogen-bond acceptors (Lipinski definition) is 4. The Labute approximate surface area is 116 Å². The molecule has 4 nitrogen and oxygen atoms in total. The average Bonchev–Trinajstić information content (AvgIpc) is 2.33. The van der Waals surface area contributed by atoms with Crippen molar-refractivity contribution in [3.8, 4) is 5.75 Å². The van der Waals surface area contributed by atoms with E-state index in [0.29, 0.717) is 6.54 Å². The largest absolute Gasteiger partial charge is 0.496 e. The molecule has 0 fully saturated rings. The van der Waals surface area contributed by atoms with Gasteiger partial charge in [-0.05, 0) is 39.8 Å². The van der Waals surface area contributed by atoms with E-state index in [1.807, 2.05) is 25.1 Å². The van der Waals surface area contributed by atoms with Gasteiger partial charge in [0.25, 0.3) is 0 Å². The molecule has 0 heterocycles. The normalized spacial score (nSPS) is 13.2. The molecule has 0 radical (unpaired) electrons. The Morgan fingerprint density at radius 2 is 2.05 bits per heavy atom. The molecule has 3 N–H and O–H groups in total. The Balaban J connectivity index is 3.23. The smallest absolute Gasteiger partial charge is 0.125 e. The molecule has 1 rings (SSSR count). The molecule has 0 saturated heterocycles. The number of methoxy groups -OCH3 is 1. The molecule has 4 heteroatoms. The van der Waals surface area contributed by atoms with Crippen LogP contribution in [0.5, 0.6) is 5.75 Å². The SMILES string of the molecule is CCN(CC(C)(C)O)c1cccc(OC)c1[C@H](C)N. The maximum absolute atomic E-state index is 10.0. The molecule has 19 heavy (non-hydrogen) atoms. The lowest BCUT2D eigenvalue weighted by Crippen LogP contribution is -2.39. The Hall–Kier alpha value is -1.26. The topological polar surface area (TPSA) is 58.7 Å². The molecule has 1 aromatic carbocycles. The summed E-state index contributed by atoms with van der Waals surface area (Å²) >= 11 is 0. The van der Waals surface area contributed by atoms with Crippen LogP contribution in [0.2, 0.25) is 0 Å². The number of benzene rings is 1. The van der Waals surface area contributed by atoms with Gasteiger partial charge in [-0.2, -0.15) is 0 Å². The highest BCUT2D eigenvalue weighted by atomic mass is 16.5. The first-order valence-corrected chi connectivity index (χ1v) is 6.70. The monoisotopic (exact) mass is 266 g/mol. The minimum atomic E-state index is -0.756.